The zero-order valence-electron chi connectivity index (χ0n) is 15.0. The van der Waals surface area contributed by atoms with Gasteiger partial charge in [0.1, 0.15) is 0 Å². The fourth-order valence-electron chi connectivity index (χ4n) is 2.56. The van der Waals surface area contributed by atoms with Crippen molar-refractivity contribution in [2.75, 3.05) is 10.6 Å². The summed E-state index contributed by atoms with van der Waals surface area (Å²) < 4.78 is 0. The van der Waals surface area contributed by atoms with E-state index in [2.05, 4.69) is 22.0 Å². The first kappa shape index (κ1) is 18.7. The van der Waals surface area contributed by atoms with Crippen LogP contribution in [0.3, 0.4) is 0 Å². The van der Waals surface area contributed by atoms with Crippen LogP contribution >= 0.6 is 0 Å². The molecule has 0 heterocycles. The highest BCUT2D eigenvalue weighted by Crippen LogP contribution is 2.12. The van der Waals surface area contributed by atoms with Gasteiger partial charge in [0, 0.05) is 23.5 Å². The molecule has 0 aliphatic carbocycles. The van der Waals surface area contributed by atoms with Gasteiger partial charge in [-0.3, -0.25) is 4.79 Å². The van der Waals surface area contributed by atoms with Crippen molar-refractivity contribution < 1.29 is 9.59 Å². The molecule has 0 saturated carbocycles. The van der Waals surface area contributed by atoms with Crippen LogP contribution < -0.4 is 16.0 Å². The van der Waals surface area contributed by atoms with Crippen molar-refractivity contribution in [1.29, 1.82) is 5.26 Å². The number of anilines is 2. The highest BCUT2D eigenvalue weighted by atomic mass is 16.2. The van der Waals surface area contributed by atoms with Crippen molar-refractivity contribution in [3.8, 4) is 6.07 Å². The van der Waals surface area contributed by atoms with Gasteiger partial charge in [-0.25, -0.2) is 4.79 Å². The molecule has 3 N–H and O–H groups in total. The number of hydrogen-bond acceptors (Lipinski definition) is 3. The molecule has 0 aliphatic rings. The summed E-state index contributed by atoms with van der Waals surface area (Å²) in [6.45, 7) is 0.327. The molecular weight excluding hydrogens is 352 g/mol. The monoisotopic (exact) mass is 370 g/mol. The Morgan fingerprint density at radius 3 is 2.18 bits per heavy atom. The first-order chi connectivity index (χ1) is 13.6. The Kier molecular flexibility index (Phi) is 6.01. The van der Waals surface area contributed by atoms with E-state index in [9.17, 15) is 9.59 Å². The van der Waals surface area contributed by atoms with Gasteiger partial charge in [0.25, 0.3) is 5.91 Å². The van der Waals surface area contributed by atoms with Gasteiger partial charge in [-0.05, 0) is 54.1 Å². The van der Waals surface area contributed by atoms with E-state index in [1.165, 1.54) is 0 Å². The second-order valence-corrected chi connectivity index (χ2v) is 6.02. The van der Waals surface area contributed by atoms with Crippen LogP contribution in [-0.4, -0.2) is 11.9 Å². The van der Waals surface area contributed by atoms with Gasteiger partial charge < -0.3 is 16.0 Å². The molecule has 0 aliphatic heterocycles. The van der Waals surface area contributed by atoms with Crippen molar-refractivity contribution >= 4 is 23.3 Å². The number of nitriles is 1. The Hall–Kier alpha value is -4.11. The summed E-state index contributed by atoms with van der Waals surface area (Å²) in [6.07, 6.45) is 0. The molecule has 3 amide bonds. The van der Waals surface area contributed by atoms with E-state index in [1.807, 2.05) is 24.3 Å². The third-order valence-electron chi connectivity index (χ3n) is 3.95. The van der Waals surface area contributed by atoms with Crippen LogP contribution in [0.5, 0.6) is 0 Å². The first-order valence-electron chi connectivity index (χ1n) is 8.64. The molecule has 0 aromatic heterocycles. The second-order valence-electron chi connectivity index (χ2n) is 6.02. The van der Waals surface area contributed by atoms with Crippen LogP contribution in [0.4, 0.5) is 16.2 Å². The van der Waals surface area contributed by atoms with Crippen molar-refractivity contribution in [3.63, 3.8) is 0 Å². The molecule has 0 radical (unpaired) electrons. The van der Waals surface area contributed by atoms with E-state index in [0.717, 1.165) is 5.56 Å². The molecule has 0 unspecified atom stereocenters. The third kappa shape index (κ3) is 5.19. The van der Waals surface area contributed by atoms with Crippen molar-refractivity contribution in [2.45, 2.75) is 6.54 Å². The normalized spacial score (nSPS) is 9.82. The van der Waals surface area contributed by atoms with E-state index in [4.69, 9.17) is 5.26 Å². The highest BCUT2D eigenvalue weighted by molar-refractivity contribution is 6.00. The summed E-state index contributed by atoms with van der Waals surface area (Å²) in [5, 5.41) is 17.2. The summed E-state index contributed by atoms with van der Waals surface area (Å²) in [4.78, 5) is 24.3. The summed E-state index contributed by atoms with van der Waals surface area (Å²) in [5.41, 5.74) is 3.15. The van der Waals surface area contributed by atoms with Crippen LogP contribution in [0.1, 0.15) is 21.5 Å². The molecule has 28 heavy (non-hydrogen) atoms. The molecule has 138 valence electrons. The number of carbonyl (C=O) groups is 2. The molecular formula is C22H18N4O2. The molecule has 0 bridgehead atoms. The van der Waals surface area contributed by atoms with Crippen molar-refractivity contribution in [1.82, 2.24) is 5.32 Å². The zero-order chi connectivity index (χ0) is 19.8. The lowest BCUT2D eigenvalue weighted by atomic mass is 10.1. The zero-order valence-corrected chi connectivity index (χ0v) is 15.0. The minimum Gasteiger partial charge on any atom is -0.348 e. The summed E-state index contributed by atoms with van der Waals surface area (Å²) >= 11 is 0. The third-order valence-corrected chi connectivity index (χ3v) is 3.95. The van der Waals surface area contributed by atoms with Gasteiger partial charge in [0.15, 0.2) is 0 Å². The summed E-state index contributed by atoms with van der Waals surface area (Å²) in [6, 6.07) is 24.5. The topological polar surface area (TPSA) is 94.0 Å². The lowest BCUT2D eigenvalue weighted by Gasteiger charge is -2.09. The van der Waals surface area contributed by atoms with Gasteiger partial charge in [-0.15, -0.1) is 0 Å². The Labute approximate surface area is 162 Å². The fourth-order valence-corrected chi connectivity index (χ4v) is 2.56. The number of nitrogens with one attached hydrogen (secondary N) is 3. The fraction of sp³-hybridized carbons (Fsp3) is 0.0455. The number of benzene rings is 3. The lowest BCUT2D eigenvalue weighted by Crippen LogP contribution is -2.23. The van der Waals surface area contributed by atoms with Gasteiger partial charge in [0.05, 0.1) is 11.6 Å². The summed E-state index contributed by atoms with van der Waals surface area (Å²) in [5.74, 6) is -0.234. The lowest BCUT2D eigenvalue weighted by molar-refractivity contribution is 0.0951. The van der Waals surface area contributed by atoms with Crippen molar-refractivity contribution in [2.24, 2.45) is 0 Å². The standard InChI is InChI=1S/C22H18N4O2/c23-14-16-5-4-6-17(13-16)15-24-21(27)18-9-11-20(12-10-18)26-22(28)25-19-7-2-1-3-8-19/h1-13H,15H2,(H,24,27)(H2,25,26,28). The first-order valence-corrected chi connectivity index (χ1v) is 8.64. The average Bonchev–Trinajstić information content (AvgIpc) is 2.73. The maximum Gasteiger partial charge on any atom is 0.323 e. The van der Waals surface area contributed by atoms with Gasteiger partial charge in [-0.1, -0.05) is 30.3 Å². The molecule has 0 fully saturated rings. The number of hydrogen-bond donors (Lipinski definition) is 3. The van der Waals surface area contributed by atoms with Crippen molar-refractivity contribution in [3.05, 3.63) is 95.6 Å². The number of para-hydroxylation sites is 1. The summed E-state index contributed by atoms with van der Waals surface area (Å²) in [7, 11) is 0. The highest BCUT2D eigenvalue weighted by Gasteiger charge is 2.07. The van der Waals surface area contributed by atoms with E-state index >= 15 is 0 Å². The van der Waals surface area contributed by atoms with Crippen LogP contribution in [0.2, 0.25) is 0 Å². The molecule has 0 saturated heterocycles. The molecule has 3 aromatic carbocycles. The average molecular weight is 370 g/mol. The molecule has 0 spiro atoms. The number of urea groups is 1. The number of amides is 3. The molecule has 3 rings (SSSR count). The Morgan fingerprint density at radius 1 is 0.821 bits per heavy atom. The minimum absolute atomic E-state index is 0.234. The molecule has 6 nitrogen and oxygen atoms in total. The second kappa shape index (κ2) is 9.01. The number of nitrogens with zero attached hydrogens (tertiary/aromatic N) is 1. The van der Waals surface area contributed by atoms with E-state index < -0.39 is 0 Å². The van der Waals surface area contributed by atoms with Crippen LogP contribution in [0.15, 0.2) is 78.9 Å². The maximum atomic E-state index is 12.3. The van der Waals surface area contributed by atoms with E-state index in [-0.39, 0.29) is 11.9 Å². The van der Waals surface area contributed by atoms with E-state index in [1.54, 1.807) is 54.6 Å². The largest absolute Gasteiger partial charge is 0.348 e. The Balaban J connectivity index is 1.53. The molecule has 3 aromatic rings. The Morgan fingerprint density at radius 2 is 1.50 bits per heavy atom. The van der Waals surface area contributed by atoms with Gasteiger partial charge in [0.2, 0.25) is 0 Å². The number of rotatable bonds is 5. The quantitative estimate of drug-likeness (QED) is 0.630. The van der Waals surface area contributed by atoms with E-state index in [0.29, 0.717) is 29.0 Å². The van der Waals surface area contributed by atoms with Crippen LogP contribution in [-0.2, 0) is 6.54 Å². The molecule has 6 heteroatoms. The maximum absolute atomic E-state index is 12.3. The number of carbonyl (C=O) groups excluding carboxylic acids is 2. The molecule has 0 atom stereocenters. The SMILES string of the molecule is N#Cc1cccc(CNC(=O)c2ccc(NC(=O)Nc3ccccc3)cc2)c1. The van der Waals surface area contributed by atoms with Gasteiger partial charge in [-0.2, -0.15) is 5.26 Å². The predicted octanol–water partition coefficient (Wildman–Crippen LogP) is 4.13. The Bertz CT molecular complexity index is 1010. The van der Waals surface area contributed by atoms with Crippen LogP contribution in [0.25, 0.3) is 0 Å². The predicted molar refractivity (Wildman–Crippen MR) is 108 cm³/mol. The van der Waals surface area contributed by atoms with Crippen LogP contribution in [0, 0.1) is 11.3 Å². The van der Waals surface area contributed by atoms with Gasteiger partial charge >= 0.3 is 6.03 Å². The minimum atomic E-state index is -0.360. The smallest absolute Gasteiger partial charge is 0.323 e.